The largest absolute Gasteiger partial charge is 0.481 e. The van der Waals surface area contributed by atoms with Gasteiger partial charge in [-0.15, -0.1) is 0 Å². The Bertz CT molecular complexity index is 685. The molecule has 7 heteroatoms. The van der Waals surface area contributed by atoms with Crippen molar-refractivity contribution in [3.63, 3.8) is 0 Å². The quantitative estimate of drug-likeness (QED) is 0.646. The maximum Gasteiger partial charge on any atom is 0.303 e. The van der Waals surface area contributed by atoms with E-state index in [1.54, 1.807) is 24.3 Å². The molecule has 0 saturated carbocycles. The van der Waals surface area contributed by atoms with E-state index in [4.69, 9.17) is 5.11 Å². The van der Waals surface area contributed by atoms with Crippen molar-refractivity contribution >= 4 is 17.6 Å². The van der Waals surface area contributed by atoms with Gasteiger partial charge in [0.1, 0.15) is 0 Å². The van der Waals surface area contributed by atoms with Crippen molar-refractivity contribution in [3.8, 4) is 11.3 Å². The fourth-order valence-corrected chi connectivity index (χ4v) is 1.84. The fourth-order valence-electron chi connectivity index (χ4n) is 1.84. The number of rotatable bonds is 6. The molecule has 21 heavy (non-hydrogen) atoms. The van der Waals surface area contributed by atoms with Crippen LogP contribution in [0.5, 0.6) is 0 Å². The lowest BCUT2D eigenvalue weighted by Gasteiger charge is -2.05. The Balaban J connectivity index is 1.92. The number of hydrogen-bond acceptors (Lipinski definition) is 3. The Kier molecular flexibility index (Phi) is 4.55. The maximum atomic E-state index is 11.6. The van der Waals surface area contributed by atoms with Gasteiger partial charge >= 0.3 is 5.97 Å². The van der Waals surface area contributed by atoms with Crippen LogP contribution in [-0.2, 0) is 9.59 Å². The second-order valence-corrected chi connectivity index (χ2v) is 4.55. The molecule has 0 radical (unpaired) electrons. The van der Waals surface area contributed by atoms with Gasteiger partial charge in [-0.3, -0.25) is 24.6 Å². The van der Waals surface area contributed by atoms with Gasteiger partial charge in [-0.2, -0.15) is 0 Å². The molecule has 1 aromatic carbocycles. The van der Waals surface area contributed by atoms with E-state index in [-0.39, 0.29) is 24.3 Å². The number of aromatic amines is 2. The van der Waals surface area contributed by atoms with E-state index in [0.29, 0.717) is 17.8 Å². The lowest BCUT2D eigenvalue weighted by atomic mass is 10.1. The average molecular weight is 289 g/mol. The SMILES string of the molecule is O=C(O)CCCC(=O)Nc1ccc(-c2cc(=O)[nH][nH]2)cc1. The zero-order valence-electron chi connectivity index (χ0n) is 11.2. The predicted octanol–water partition coefficient (Wildman–Crippen LogP) is 1.56. The highest BCUT2D eigenvalue weighted by Gasteiger charge is 2.05. The number of carboxylic acids is 1. The van der Waals surface area contributed by atoms with Crippen molar-refractivity contribution in [2.75, 3.05) is 5.32 Å². The number of carbonyl (C=O) groups excluding carboxylic acids is 1. The number of carbonyl (C=O) groups is 2. The molecule has 4 N–H and O–H groups in total. The molecule has 0 bridgehead atoms. The highest BCUT2D eigenvalue weighted by atomic mass is 16.4. The van der Waals surface area contributed by atoms with Gasteiger partial charge in [0.05, 0.1) is 5.69 Å². The second-order valence-electron chi connectivity index (χ2n) is 4.55. The monoisotopic (exact) mass is 289 g/mol. The summed E-state index contributed by atoms with van der Waals surface area (Å²) in [5, 5.41) is 16.4. The average Bonchev–Trinajstić information content (AvgIpc) is 2.86. The Morgan fingerprint density at radius 1 is 1.10 bits per heavy atom. The third kappa shape index (κ3) is 4.34. The van der Waals surface area contributed by atoms with Gasteiger partial charge in [-0.05, 0) is 24.1 Å². The Labute approximate surface area is 120 Å². The van der Waals surface area contributed by atoms with Crippen LogP contribution < -0.4 is 10.9 Å². The molecule has 1 heterocycles. The van der Waals surface area contributed by atoms with Gasteiger partial charge in [0.15, 0.2) is 0 Å². The molecule has 7 nitrogen and oxygen atoms in total. The van der Waals surface area contributed by atoms with Crippen LogP contribution in [0.2, 0.25) is 0 Å². The molecular weight excluding hydrogens is 274 g/mol. The summed E-state index contributed by atoms with van der Waals surface area (Å²) in [6, 6.07) is 8.42. The molecule has 0 fully saturated rings. The van der Waals surface area contributed by atoms with E-state index in [9.17, 15) is 14.4 Å². The molecule has 0 spiro atoms. The zero-order valence-corrected chi connectivity index (χ0v) is 11.2. The normalized spacial score (nSPS) is 10.3. The minimum Gasteiger partial charge on any atom is -0.481 e. The number of aromatic nitrogens is 2. The fraction of sp³-hybridized carbons (Fsp3) is 0.214. The molecule has 0 saturated heterocycles. The zero-order chi connectivity index (χ0) is 15.2. The van der Waals surface area contributed by atoms with Crippen molar-refractivity contribution < 1.29 is 14.7 Å². The summed E-state index contributed by atoms with van der Waals surface area (Å²) in [5.41, 5.74) is 1.90. The van der Waals surface area contributed by atoms with E-state index in [1.165, 1.54) is 6.07 Å². The number of nitrogens with one attached hydrogen (secondary N) is 3. The summed E-state index contributed by atoms with van der Waals surface area (Å²) in [5.74, 6) is -1.13. The smallest absolute Gasteiger partial charge is 0.303 e. The van der Waals surface area contributed by atoms with Crippen LogP contribution in [0, 0.1) is 0 Å². The third-order valence-electron chi connectivity index (χ3n) is 2.87. The Hall–Kier alpha value is -2.83. The Morgan fingerprint density at radius 2 is 1.81 bits per heavy atom. The molecule has 2 rings (SSSR count). The van der Waals surface area contributed by atoms with Crippen LogP contribution in [0.4, 0.5) is 5.69 Å². The predicted molar refractivity (Wildman–Crippen MR) is 77.0 cm³/mol. The molecule has 0 aliphatic rings. The lowest BCUT2D eigenvalue weighted by Crippen LogP contribution is -2.11. The lowest BCUT2D eigenvalue weighted by molar-refractivity contribution is -0.137. The molecule has 1 amide bonds. The van der Waals surface area contributed by atoms with Crippen molar-refractivity contribution in [2.24, 2.45) is 0 Å². The van der Waals surface area contributed by atoms with E-state index in [2.05, 4.69) is 15.5 Å². The van der Waals surface area contributed by atoms with Gasteiger partial charge in [-0.25, -0.2) is 0 Å². The first-order chi connectivity index (χ1) is 10.0. The standard InChI is InChI=1S/C14H15N3O4/c18-12(2-1-3-14(20)21)15-10-6-4-9(5-7-10)11-8-13(19)17-16-11/h4-8H,1-3H2,(H,15,18)(H,20,21)(H2,16,17,19). The number of benzene rings is 1. The van der Waals surface area contributed by atoms with E-state index < -0.39 is 5.97 Å². The summed E-state index contributed by atoms with van der Waals surface area (Å²) < 4.78 is 0. The van der Waals surface area contributed by atoms with Gasteiger partial charge in [0, 0.05) is 24.6 Å². The molecule has 0 aliphatic heterocycles. The van der Waals surface area contributed by atoms with Crippen LogP contribution in [0.3, 0.4) is 0 Å². The van der Waals surface area contributed by atoms with Crippen LogP contribution in [0.1, 0.15) is 19.3 Å². The summed E-state index contributed by atoms with van der Waals surface area (Å²) in [6.07, 6.45) is 0.455. The Morgan fingerprint density at radius 3 is 2.38 bits per heavy atom. The first kappa shape index (κ1) is 14.6. The van der Waals surface area contributed by atoms with E-state index in [0.717, 1.165) is 5.56 Å². The van der Waals surface area contributed by atoms with Crippen LogP contribution >= 0.6 is 0 Å². The highest BCUT2D eigenvalue weighted by Crippen LogP contribution is 2.18. The van der Waals surface area contributed by atoms with Gasteiger partial charge < -0.3 is 10.4 Å². The number of carboxylic acid groups (broad SMARTS) is 1. The highest BCUT2D eigenvalue weighted by molar-refractivity contribution is 5.91. The van der Waals surface area contributed by atoms with Crippen molar-refractivity contribution in [2.45, 2.75) is 19.3 Å². The second kappa shape index (κ2) is 6.56. The first-order valence-corrected chi connectivity index (χ1v) is 6.44. The molecule has 110 valence electrons. The molecule has 0 unspecified atom stereocenters. The molecule has 0 aliphatic carbocycles. The number of anilines is 1. The summed E-state index contributed by atoms with van der Waals surface area (Å²) >= 11 is 0. The van der Waals surface area contributed by atoms with Crippen molar-refractivity contribution in [1.82, 2.24) is 10.2 Å². The summed E-state index contributed by atoms with van der Waals surface area (Å²) in [6.45, 7) is 0. The number of H-pyrrole nitrogens is 2. The summed E-state index contributed by atoms with van der Waals surface area (Å²) in [7, 11) is 0. The third-order valence-corrected chi connectivity index (χ3v) is 2.87. The van der Waals surface area contributed by atoms with Gasteiger partial charge in [0.25, 0.3) is 5.56 Å². The van der Waals surface area contributed by atoms with Crippen molar-refractivity contribution in [1.29, 1.82) is 0 Å². The van der Waals surface area contributed by atoms with E-state index in [1.807, 2.05) is 0 Å². The minimum atomic E-state index is -0.910. The summed E-state index contributed by atoms with van der Waals surface area (Å²) in [4.78, 5) is 33.0. The molecule has 0 atom stereocenters. The maximum absolute atomic E-state index is 11.6. The topological polar surface area (TPSA) is 115 Å². The van der Waals surface area contributed by atoms with Crippen molar-refractivity contribution in [3.05, 3.63) is 40.7 Å². The first-order valence-electron chi connectivity index (χ1n) is 6.44. The van der Waals surface area contributed by atoms with E-state index >= 15 is 0 Å². The van der Waals surface area contributed by atoms with Crippen LogP contribution in [-0.4, -0.2) is 27.2 Å². The molecular formula is C14H15N3O4. The molecule has 1 aromatic heterocycles. The molecule has 2 aromatic rings. The number of hydrogen-bond donors (Lipinski definition) is 4. The van der Waals surface area contributed by atoms with Crippen LogP contribution in [0.15, 0.2) is 35.1 Å². The van der Waals surface area contributed by atoms with Gasteiger partial charge in [-0.1, -0.05) is 12.1 Å². The minimum absolute atomic E-state index is 0.0206. The van der Waals surface area contributed by atoms with Crippen LogP contribution in [0.25, 0.3) is 11.3 Å². The number of amides is 1. The van der Waals surface area contributed by atoms with Gasteiger partial charge in [0.2, 0.25) is 5.91 Å². The number of aliphatic carboxylic acids is 1.